The lowest BCUT2D eigenvalue weighted by Crippen LogP contribution is -2.57. The van der Waals surface area contributed by atoms with Crippen LogP contribution in [0.3, 0.4) is 0 Å². The summed E-state index contributed by atoms with van der Waals surface area (Å²) in [6, 6.07) is 2.01. The van der Waals surface area contributed by atoms with Gasteiger partial charge in [-0.15, -0.1) is 0 Å². The van der Waals surface area contributed by atoms with Crippen molar-refractivity contribution in [1.82, 2.24) is 0 Å². The van der Waals surface area contributed by atoms with E-state index in [-0.39, 0.29) is 18.7 Å². The SMILES string of the molecule is N#CC=CC1OC(CCCN)OCC12COC(CCCN)OC2. The topological polar surface area (TPSA) is 113 Å². The van der Waals surface area contributed by atoms with Gasteiger partial charge in [-0.05, 0) is 44.8 Å². The van der Waals surface area contributed by atoms with Crippen LogP contribution >= 0.6 is 0 Å². The van der Waals surface area contributed by atoms with Crippen LogP contribution in [0.2, 0.25) is 0 Å². The molecule has 4 N–H and O–H groups in total. The minimum absolute atomic E-state index is 0.222. The molecule has 2 saturated heterocycles. The van der Waals surface area contributed by atoms with Crippen molar-refractivity contribution >= 4 is 0 Å². The molecule has 1 spiro atoms. The van der Waals surface area contributed by atoms with Crippen molar-refractivity contribution < 1.29 is 18.9 Å². The normalized spacial score (nSPS) is 34.7. The molecule has 2 fully saturated rings. The molecule has 0 aromatic carbocycles. The third kappa shape index (κ3) is 4.98. The standard InChI is InChI=1S/C16H27N3O4/c17-7-1-4-13-16(12-22-15(23-13)6-3-9-19)10-20-14(21-11-16)5-2-8-18/h1,4,13-15H,2-3,5-6,8-12,18-19H2. The molecule has 0 aromatic heterocycles. The molecule has 0 amide bonds. The maximum absolute atomic E-state index is 8.82. The minimum atomic E-state index is -0.411. The molecule has 2 heterocycles. The average molecular weight is 325 g/mol. The molecule has 130 valence electrons. The Morgan fingerprint density at radius 2 is 1.57 bits per heavy atom. The van der Waals surface area contributed by atoms with Crippen LogP contribution in [0.4, 0.5) is 0 Å². The molecule has 2 rings (SSSR count). The summed E-state index contributed by atoms with van der Waals surface area (Å²) in [5.41, 5.74) is 10.6. The number of ether oxygens (including phenoxy) is 4. The lowest BCUT2D eigenvalue weighted by atomic mass is 9.82. The van der Waals surface area contributed by atoms with Gasteiger partial charge in [0, 0.05) is 6.08 Å². The lowest BCUT2D eigenvalue weighted by molar-refractivity contribution is -0.320. The fourth-order valence-electron chi connectivity index (χ4n) is 2.81. The number of rotatable bonds is 7. The number of nitriles is 1. The van der Waals surface area contributed by atoms with Gasteiger partial charge in [-0.1, -0.05) is 0 Å². The van der Waals surface area contributed by atoms with Crippen molar-refractivity contribution in [1.29, 1.82) is 5.26 Å². The Morgan fingerprint density at radius 3 is 2.13 bits per heavy atom. The largest absolute Gasteiger partial charge is 0.352 e. The fourth-order valence-corrected chi connectivity index (χ4v) is 2.81. The summed E-state index contributed by atoms with van der Waals surface area (Å²) in [5.74, 6) is 0. The highest BCUT2D eigenvalue weighted by molar-refractivity contribution is 5.10. The molecule has 0 radical (unpaired) electrons. The predicted molar refractivity (Wildman–Crippen MR) is 84.1 cm³/mol. The predicted octanol–water partition coefficient (Wildman–Crippen LogP) is 0.645. The average Bonchev–Trinajstić information content (AvgIpc) is 2.59. The Kier molecular flexibility index (Phi) is 7.43. The quantitative estimate of drug-likeness (QED) is 0.661. The van der Waals surface area contributed by atoms with Crippen LogP contribution in [0.15, 0.2) is 12.2 Å². The number of allylic oxidation sites excluding steroid dienone is 1. The molecule has 23 heavy (non-hydrogen) atoms. The highest BCUT2D eigenvalue weighted by atomic mass is 16.7. The van der Waals surface area contributed by atoms with Crippen molar-refractivity contribution in [2.45, 2.75) is 44.4 Å². The van der Waals surface area contributed by atoms with Crippen LogP contribution in [-0.4, -0.2) is 51.6 Å². The molecule has 0 aliphatic carbocycles. The molecule has 2 unspecified atom stereocenters. The van der Waals surface area contributed by atoms with Crippen molar-refractivity contribution in [2.75, 3.05) is 32.9 Å². The zero-order valence-corrected chi connectivity index (χ0v) is 13.5. The van der Waals surface area contributed by atoms with E-state index in [0.29, 0.717) is 32.9 Å². The molecule has 7 nitrogen and oxygen atoms in total. The van der Waals surface area contributed by atoms with Gasteiger partial charge in [0.15, 0.2) is 12.6 Å². The highest BCUT2D eigenvalue weighted by Crippen LogP contribution is 2.37. The second-order valence-electron chi connectivity index (χ2n) is 6.06. The first-order valence-electron chi connectivity index (χ1n) is 8.21. The minimum Gasteiger partial charge on any atom is -0.352 e. The Labute approximate surface area is 137 Å². The van der Waals surface area contributed by atoms with Crippen molar-refractivity contribution in [3.05, 3.63) is 12.2 Å². The molecular weight excluding hydrogens is 298 g/mol. The Bertz CT molecular complexity index is 408. The van der Waals surface area contributed by atoms with Crippen molar-refractivity contribution in [2.24, 2.45) is 16.9 Å². The number of hydrogen-bond donors (Lipinski definition) is 2. The van der Waals surface area contributed by atoms with Gasteiger partial charge in [0.25, 0.3) is 0 Å². The van der Waals surface area contributed by atoms with Gasteiger partial charge in [-0.3, -0.25) is 0 Å². The van der Waals surface area contributed by atoms with E-state index in [2.05, 4.69) is 0 Å². The lowest BCUT2D eigenvalue weighted by Gasteiger charge is -2.48. The number of hydrogen-bond acceptors (Lipinski definition) is 7. The molecular formula is C16H27N3O4. The molecule has 2 aliphatic rings. The molecule has 2 aliphatic heterocycles. The first kappa shape index (κ1) is 18.3. The van der Waals surface area contributed by atoms with Crippen LogP contribution in [0.1, 0.15) is 25.7 Å². The van der Waals surface area contributed by atoms with Crippen LogP contribution in [0.25, 0.3) is 0 Å². The second-order valence-corrected chi connectivity index (χ2v) is 6.06. The van der Waals surface area contributed by atoms with E-state index in [1.165, 1.54) is 6.08 Å². The zero-order chi connectivity index (χ0) is 16.5. The van der Waals surface area contributed by atoms with E-state index in [1.807, 2.05) is 6.07 Å². The monoisotopic (exact) mass is 325 g/mol. The molecule has 0 aromatic rings. The van der Waals surface area contributed by atoms with E-state index in [1.54, 1.807) is 6.08 Å². The Balaban J connectivity index is 1.96. The van der Waals surface area contributed by atoms with Gasteiger partial charge in [0.05, 0.1) is 37.4 Å². The number of nitrogens with zero attached hydrogens (tertiary/aromatic N) is 1. The zero-order valence-electron chi connectivity index (χ0n) is 13.5. The van der Waals surface area contributed by atoms with E-state index >= 15 is 0 Å². The summed E-state index contributed by atoms with van der Waals surface area (Å²) in [7, 11) is 0. The van der Waals surface area contributed by atoms with E-state index in [0.717, 1.165) is 25.7 Å². The van der Waals surface area contributed by atoms with Gasteiger partial charge in [-0.2, -0.15) is 5.26 Å². The summed E-state index contributed by atoms with van der Waals surface area (Å²) in [4.78, 5) is 0. The molecule has 7 heteroatoms. The fraction of sp³-hybridized carbons (Fsp3) is 0.812. The van der Waals surface area contributed by atoms with Crippen LogP contribution in [-0.2, 0) is 18.9 Å². The highest BCUT2D eigenvalue weighted by Gasteiger charge is 2.47. The number of nitrogens with two attached hydrogens (primary N) is 2. The van der Waals surface area contributed by atoms with Gasteiger partial charge >= 0.3 is 0 Å². The molecule has 0 bridgehead atoms. The maximum atomic E-state index is 8.82. The Morgan fingerprint density at radius 1 is 1.00 bits per heavy atom. The van der Waals surface area contributed by atoms with Crippen molar-refractivity contribution in [3.8, 4) is 6.07 Å². The summed E-state index contributed by atoms with van der Waals surface area (Å²) in [6.07, 6.45) is 5.64. The first-order valence-corrected chi connectivity index (χ1v) is 8.21. The van der Waals surface area contributed by atoms with Crippen LogP contribution in [0.5, 0.6) is 0 Å². The van der Waals surface area contributed by atoms with E-state index < -0.39 is 5.41 Å². The van der Waals surface area contributed by atoms with Crippen molar-refractivity contribution in [3.63, 3.8) is 0 Å². The maximum Gasteiger partial charge on any atom is 0.158 e. The smallest absolute Gasteiger partial charge is 0.158 e. The van der Waals surface area contributed by atoms with Crippen LogP contribution < -0.4 is 11.5 Å². The second kappa shape index (κ2) is 9.33. The molecule has 0 saturated carbocycles. The van der Waals surface area contributed by atoms with E-state index in [4.69, 9.17) is 35.7 Å². The third-order valence-electron chi connectivity index (χ3n) is 4.21. The third-order valence-corrected chi connectivity index (χ3v) is 4.21. The van der Waals surface area contributed by atoms with Gasteiger partial charge < -0.3 is 30.4 Å². The van der Waals surface area contributed by atoms with Gasteiger partial charge in [0.1, 0.15) is 0 Å². The summed E-state index contributed by atoms with van der Waals surface area (Å²) in [5, 5.41) is 8.82. The summed E-state index contributed by atoms with van der Waals surface area (Å²) in [6.45, 7) is 2.66. The summed E-state index contributed by atoms with van der Waals surface area (Å²) >= 11 is 0. The van der Waals surface area contributed by atoms with Crippen LogP contribution in [0, 0.1) is 16.7 Å². The van der Waals surface area contributed by atoms with Gasteiger partial charge in [-0.25, -0.2) is 0 Å². The van der Waals surface area contributed by atoms with Gasteiger partial charge in [0.2, 0.25) is 0 Å². The first-order chi connectivity index (χ1) is 11.2. The van der Waals surface area contributed by atoms with E-state index in [9.17, 15) is 0 Å². The molecule has 2 atom stereocenters. The summed E-state index contributed by atoms with van der Waals surface area (Å²) < 4.78 is 23.5. The Hall–Kier alpha value is -1.01.